The second-order valence-corrected chi connectivity index (χ2v) is 13.9. The number of rotatable bonds is 20. The number of nitrogens with zero attached hydrogens (tertiary/aromatic N) is 1. The second-order valence-electron chi connectivity index (χ2n) is 13.9. The molecule has 3 fully saturated rings. The highest BCUT2D eigenvalue weighted by Crippen LogP contribution is 2.82. The van der Waals surface area contributed by atoms with Crippen LogP contribution < -0.4 is 11.2 Å². The van der Waals surface area contributed by atoms with Crippen LogP contribution in [0.25, 0.3) is 0 Å². The van der Waals surface area contributed by atoms with Crippen molar-refractivity contribution in [3.8, 4) is 0 Å². The lowest BCUT2D eigenvalue weighted by Crippen LogP contribution is -2.34. The molecule has 1 aromatic heterocycles. The predicted octanol–water partition coefficient (Wildman–Crippen LogP) is 7.35. The van der Waals surface area contributed by atoms with Gasteiger partial charge < -0.3 is 9.47 Å². The zero-order valence-electron chi connectivity index (χ0n) is 25.4. The highest BCUT2D eigenvalue weighted by molar-refractivity contribution is 5.36. The summed E-state index contributed by atoms with van der Waals surface area (Å²) in [4.78, 5) is 36.8. The number of hydrogen-bond donors (Lipinski definition) is 1. The average Bonchev–Trinajstić information content (AvgIpc) is 3.23. The Morgan fingerprint density at radius 2 is 1.45 bits per heavy atom. The van der Waals surface area contributed by atoms with Gasteiger partial charge in [0.25, 0.3) is 12.0 Å². The zero-order chi connectivity index (χ0) is 28.6. The van der Waals surface area contributed by atoms with Gasteiger partial charge in [0.15, 0.2) is 0 Å². The summed E-state index contributed by atoms with van der Waals surface area (Å²) < 4.78 is 12.9. The molecule has 2 aliphatic carbocycles. The maximum atomic E-state index is 12.4. The van der Waals surface area contributed by atoms with E-state index in [0.717, 1.165) is 12.8 Å². The molecule has 5 atom stereocenters. The summed E-state index contributed by atoms with van der Waals surface area (Å²) in [7, 11) is 0. The topological polar surface area (TPSA) is 90.4 Å². The van der Waals surface area contributed by atoms with Crippen molar-refractivity contribution in [2.45, 2.75) is 155 Å². The van der Waals surface area contributed by atoms with Crippen molar-refractivity contribution in [2.24, 2.45) is 16.2 Å². The van der Waals surface area contributed by atoms with E-state index in [9.17, 15) is 14.4 Å². The molecule has 40 heavy (non-hydrogen) atoms. The average molecular weight is 559 g/mol. The molecule has 0 radical (unpaired) electrons. The lowest BCUT2D eigenvalue weighted by atomic mass is 9.78. The lowest BCUT2D eigenvalue weighted by Gasteiger charge is -2.27. The maximum Gasteiger partial charge on any atom is 0.330 e. The van der Waals surface area contributed by atoms with Crippen molar-refractivity contribution in [2.75, 3.05) is 6.61 Å². The Bertz CT molecular complexity index is 1080. The monoisotopic (exact) mass is 558 g/mol. The molecule has 2 saturated carbocycles. The summed E-state index contributed by atoms with van der Waals surface area (Å²) in [6.45, 7) is 7.63. The first-order valence-corrected chi connectivity index (χ1v) is 16.3. The number of carbonyl (C=O) groups is 1. The van der Waals surface area contributed by atoms with Crippen LogP contribution in [0.3, 0.4) is 0 Å². The molecule has 7 heteroatoms. The number of hydrogen-bond acceptors (Lipinski definition) is 5. The van der Waals surface area contributed by atoms with E-state index < -0.39 is 0 Å². The first-order valence-electron chi connectivity index (χ1n) is 16.3. The zero-order valence-corrected chi connectivity index (χ0v) is 25.4. The number of ether oxygens (including phenoxy) is 2. The number of fused-ring (bicyclic) bond motifs is 3. The van der Waals surface area contributed by atoms with Gasteiger partial charge in [-0.05, 0) is 43.4 Å². The third-order valence-corrected chi connectivity index (χ3v) is 10.6. The highest BCUT2D eigenvalue weighted by Gasteiger charge is 2.78. The largest absolute Gasteiger partial charge is 0.468 e. The number of unbranched alkanes of at least 4 members (excludes halogenated alkanes) is 14. The molecule has 1 saturated heterocycles. The van der Waals surface area contributed by atoms with E-state index in [4.69, 9.17) is 9.47 Å². The minimum absolute atomic E-state index is 0.105. The van der Waals surface area contributed by atoms with Gasteiger partial charge in [-0.2, -0.15) is 0 Å². The Hall–Kier alpha value is -1.89. The molecule has 0 aromatic carbocycles. The molecule has 2 heterocycles. The van der Waals surface area contributed by atoms with E-state index in [2.05, 4.69) is 18.8 Å². The quantitative estimate of drug-likeness (QED) is 0.133. The van der Waals surface area contributed by atoms with Crippen molar-refractivity contribution in [1.29, 1.82) is 0 Å². The summed E-state index contributed by atoms with van der Waals surface area (Å²) in [6, 6.07) is 0. The van der Waals surface area contributed by atoms with E-state index in [1.807, 2.05) is 0 Å². The molecule has 0 spiro atoms. The fourth-order valence-corrected chi connectivity index (χ4v) is 8.45. The van der Waals surface area contributed by atoms with Crippen LogP contribution in [-0.4, -0.2) is 28.7 Å². The van der Waals surface area contributed by atoms with E-state index in [0.29, 0.717) is 24.1 Å². The summed E-state index contributed by atoms with van der Waals surface area (Å²) in [5.41, 5.74) is 0.633. The standard InChI is InChI=1S/C33H54N2O5/c1-26-22-35(30(38)34-28(26)37)27-21-31(2)23-33(24-32(33,3)29(31)40-27)19-17-15-13-11-9-7-5-4-6-8-10-12-14-16-18-20-39-25-36/h22,25,27,29H,4-21,23-24H2,1-3H3,(H,34,37,38)/t27?,29-,31-,32+,33+/m0/s1. The molecule has 4 rings (SSSR count). The Kier molecular flexibility index (Phi) is 10.8. The van der Waals surface area contributed by atoms with Crippen molar-refractivity contribution < 1.29 is 14.3 Å². The van der Waals surface area contributed by atoms with Gasteiger partial charge in [-0.3, -0.25) is 19.1 Å². The number of nitrogens with one attached hydrogen (secondary N) is 1. The first-order chi connectivity index (χ1) is 19.2. The summed E-state index contributed by atoms with van der Waals surface area (Å²) in [5, 5.41) is 0. The molecular formula is C33H54N2O5. The van der Waals surface area contributed by atoms with Gasteiger partial charge in [0.2, 0.25) is 0 Å². The van der Waals surface area contributed by atoms with E-state index in [1.54, 1.807) is 17.7 Å². The molecule has 7 nitrogen and oxygen atoms in total. The number of aromatic nitrogens is 2. The van der Waals surface area contributed by atoms with Crippen LogP contribution in [0, 0.1) is 23.2 Å². The van der Waals surface area contributed by atoms with Crippen molar-refractivity contribution in [1.82, 2.24) is 9.55 Å². The van der Waals surface area contributed by atoms with Crippen LogP contribution in [-0.2, 0) is 14.3 Å². The Balaban J connectivity index is 1.03. The van der Waals surface area contributed by atoms with Crippen LogP contribution in [0.4, 0.5) is 0 Å². The highest BCUT2D eigenvalue weighted by atomic mass is 16.5. The van der Waals surface area contributed by atoms with Crippen LogP contribution in [0.15, 0.2) is 15.8 Å². The molecule has 1 aliphatic heterocycles. The van der Waals surface area contributed by atoms with Crippen LogP contribution in [0.1, 0.15) is 148 Å². The summed E-state index contributed by atoms with van der Waals surface area (Å²) in [5.74, 6) is 0. The van der Waals surface area contributed by atoms with Crippen molar-refractivity contribution >= 4 is 6.47 Å². The fourth-order valence-electron chi connectivity index (χ4n) is 8.45. The van der Waals surface area contributed by atoms with E-state index >= 15 is 0 Å². The lowest BCUT2D eigenvalue weighted by molar-refractivity contribution is -0.128. The fraction of sp³-hybridized carbons (Fsp3) is 0.848. The first kappa shape index (κ1) is 31.1. The maximum absolute atomic E-state index is 12.4. The number of carbonyl (C=O) groups excluding carboxylic acids is 1. The van der Waals surface area contributed by atoms with Gasteiger partial charge in [-0.1, -0.05) is 104 Å². The Labute approximate surface area is 240 Å². The molecule has 1 N–H and O–H groups in total. The third-order valence-electron chi connectivity index (χ3n) is 10.6. The van der Waals surface area contributed by atoms with Gasteiger partial charge in [-0.15, -0.1) is 0 Å². The van der Waals surface area contributed by atoms with Crippen LogP contribution in [0.5, 0.6) is 0 Å². The molecule has 3 aliphatic rings. The van der Waals surface area contributed by atoms with Crippen LogP contribution >= 0.6 is 0 Å². The molecule has 0 bridgehead atoms. The van der Waals surface area contributed by atoms with Gasteiger partial charge in [0.1, 0.15) is 6.23 Å². The smallest absolute Gasteiger partial charge is 0.330 e. The number of aromatic amines is 1. The van der Waals surface area contributed by atoms with E-state index in [1.165, 1.54) is 109 Å². The Morgan fingerprint density at radius 3 is 2.00 bits per heavy atom. The van der Waals surface area contributed by atoms with Gasteiger partial charge in [0, 0.05) is 23.6 Å². The van der Waals surface area contributed by atoms with Crippen molar-refractivity contribution in [3.63, 3.8) is 0 Å². The summed E-state index contributed by atoms with van der Waals surface area (Å²) >= 11 is 0. The van der Waals surface area contributed by atoms with Crippen molar-refractivity contribution in [3.05, 3.63) is 32.6 Å². The predicted molar refractivity (Wildman–Crippen MR) is 158 cm³/mol. The minimum atomic E-state index is -0.362. The normalized spacial score (nSPS) is 30.3. The Morgan fingerprint density at radius 1 is 0.900 bits per heavy atom. The van der Waals surface area contributed by atoms with Gasteiger partial charge in [-0.25, -0.2) is 4.79 Å². The minimum Gasteiger partial charge on any atom is -0.468 e. The van der Waals surface area contributed by atoms with Gasteiger partial charge in [0.05, 0.1) is 12.7 Å². The molecule has 226 valence electrons. The van der Waals surface area contributed by atoms with Crippen LogP contribution in [0.2, 0.25) is 0 Å². The number of H-pyrrole nitrogens is 1. The molecule has 0 amide bonds. The molecule has 1 unspecified atom stereocenters. The molecule has 1 aromatic rings. The summed E-state index contributed by atoms with van der Waals surface area (Å²) in [6.07, 6.45) is 26.0. The van der Waals surface area contributed by atoms with Gasteiger partial charge >= 0.3 is 5.69 Å². The SMILES string of the molecule is Cc1cn(C2C[C@@]3(C)C[C@]4(CCCCCCCCCCCCCCCCCOC=O)C[C@]4(C)[C@H]3O2)c(=O)[nH]c1=O. The number of aryl methyl sites for hydroxylation is 1. The van der Waals surface area contributed by atoms with E-state index in [-0.39, 0.29) is 34.4 Å². The third kappa shape index (κ3) is 7.11. The molecular weight excluding hydrogens is 504 g/mol. The second kappa shape index (κ2) is 13.8.